The minimum atomic E-state index is -0.851. The molecule has 1 fully saturated rings. The lowest BCUT2D eigenvalue weighted by molar-refractivity contribution is -0.140. The van der Waals surface area contributed by atoms with Crippen LogP contribution in [0.4, 0.5) is 0 Å². The molecule has 1 aliphatic rings. The van der Waals surface area contributed by atoms with Gasteiger partial charge >= 0.3 is 5.97 Å². The lowest BCUT2D eigenvalue weighted by atomic mass is 9.93. The van der Waals surface area contributed by atoms with Crippen LogP contribution in [0.2, 0.25) is 0 Å². The summed E-state index contributed by atoms with van der Waals surface area (Å²) in [4.78, 5) is 45.7. The third-order valence-electron chi connectivity index (χ3n) is 6.68. The van der Waals surface area contributed by atoms with Gasteiger partial charge in [-0.25, -0.2) is 4.79 Å². The summed E-state index contributed by atoms with van der Waals surface area (Å²) >= 11 is 0. The zero-order valence-electron chi connectivity index (χ0n) is 21.8. The van der Waals surface area contributed by atoms with Gasteiger partial charge in [-0.2, -0.15) is 0 Å². The van der Waals surface area contributed by atoms with Crippen LogP contribution >= 0.6 is 0 Å². The summed E-state index contributed by atoms with van der Waals surface area (Å²) in [6.45, 7) is 11.8. The summed E-state index contributed by atoms with van der Waals surface area (Å²) in [6, 6.07) is 6.29. The second-order valence-corrected chi connectivity index (χ2v) is 8.61. The molecule has 1 atom stereocenters. The molecule has 2 heterocycles. The first-order chi connectivity index (χ1) is 17.2. The van der Waals surface area contributed by atoms with Gasteiger partial charge in [0.1, 0.15) is 17.2 Å². The number of aliphatic hydroxyl groups is 1. The van der Waals surface area contributed by atoms with E-state index in [0.29, 0.717) is 41.2 Å². The number of benzene rings is 1. The fourth-order valence-corrected chi connectivity index (χ4v) is 4.76. The smallest absolute Gasteiger partial charge is 0.355 e. The fraction of sp³-hybridized carbons (Fsp3) is 0.444. The van der Waals surface area contributed by atoms with Gasteiger partial charge in [0.25, 0.3) is 11.7 Å². The predicted molar refractivity (Wildman–Crippen MR) is 136 cm³/mol. The standard InChI is InChI=1S/C27H35N3O6/c1-7-29(8-2)14-15-30-23(18-12-10-11-13-19(18)35-6)21(25(32)26(30)33)24(31)20-16(4)22(28-17(20)5)27(34)36-9-3/h10-13,23,28,31H,7-9,14-15H2,1-6H3/t23-/m0/s1. The van der Waals surface area contributed by atoms with Gasteiger partial charge in [-0.1, -0.05) is 32.0 Å². The number of amides is 1. The zero-order valence-corrected chi connectivity index (χ0v) is 21.8. The number of ether oxygens (including phenoxy) is 2. The number of H-pyrrole nitrogens is 1. The summed E-state index contributed by atoms with van der Waals surface area (Å²) in [7, 11) is 1.52. The molecule has 0 saturated carbocycles. The summed E-state index contributed by atoms with van der Waals surface area (Å²) in [5, 5.41) is 11.5. The Morgan fingerprint density at radius 1 is 1.14 bits per heavy atom. The van der Waals surface area contributed by atoms with Gasteiger partial charge in [0, 0.05) is 29.9 Å². The van der Waals surface area contributed by atoms with Crippen molar-refractivity contribution in [1.29, 1.82) is 0 Å². The number of para-hydroxylation sites is 1. The van der Waals surface area contributed by atoms with Crippen molar-refractivity contribution in [3.05, 3.63) is 57.9 Å². The van der Waals surface area contributed by atoms with Crippen LogP contribution in [0, 0.1) is 13.8 Å². The van der Waals surface area contributed by atoms with Crippen LogP contribution in [0.15, 0.2) is 29.8 Å². The maximum atomic E-state index is 13.4. The number of ketones is 1. The molecular formula is C27H35N3O6. The molecule has 0 bridgehead atoms. The number of carbonyl (C=O) groups is 3. The van der Waals surface area contributed by atoms with Gasteiger partial charge in [0.2, 0.25) is 0 Å². The number of nitrogens with one attached hydrogen (secondary N) is 1. The first-order valence-corrected chi connectivity index (χ1v) is 12.2. The highest BCUT2D eigenvalue weighted by Crippen LogP contribution is 2.43. The van der Waals surface area contributed by atoms with Crippen molar-refractivity contribution < 1.29 is 29.0 Å². The van der Waals surface area contributed by atoms with Crippen molar-refractivity contribution in [1.82, 2.24) is 14.8 Å². The summed E-state index contributed by atoms with van der Waals surface area (Å²) in [6.07, 6.45) is 0. The van der Waals surface area contributed by atoms with Gasteiger partial charge in [-0.05, 0) is 45.5 Å². The van der Waals surface area contributed by atoms with Crippen LogP contribution in [0.5, 0.6) is 5.75 Å². The molecule has 0 spiro atoms. The third-order valence-corrected chi connectivity index (χ3v) is 6.68. The highest BCUT2D eigenvalue weighted by atomic mass is 16.5. The Labute approximate surface area is 211 Å². The Bertz CT molecular complexity index is 1180. The quantitative estimate of drug-likeness (QED) is 0.223. The van der Waals surface area contributed by atoms with Crippen LogP contribution in [0.3, 0.4) is 0 Å². The number of aliphatic hydroxyl groups excluding tert-OH is 1. The molecule has 194 valence electrons. The Balaban J connectivity index is 2.21. The lowest BCUT2D eigenvalue weighted by Gasteiger charge is -2.29. The Morgan fingerprint density at radius 3 is 2.42 bits per heavy atom. The van der Waals surface area contributed by atoms with E-state index < -0.39 is 23.7 Å². The van der Waals surface area contributed by atoms with E-state index in [-0.39, 0.29) is 23.6 Å². The monoisotopic (exact) mass is 497 g/mol. The van der Waals surface area contributed by atoms with E-state index in [1.165, 1.54) is 12.0 Å². The van der Waals surface area contributed by atoms with Crippen LogP contribution in [0.1, 0.15) is 59.7 Å². The van der Waals surface area contributed by atoms with Crippen molar-refractivity contribution in [2.24, 2.45) is 0 Å². The first kappa shape index (κ1) is 27.0. The van der Waals surface area contributed by atoms with Gasteiger partial charge in [0.15, 0.2) is 0 Å². The summed E-state index contributed by atoms with van der Waals surface area (Å²) < 4.78 is 10.7. The largest absolute Gasteiger partial charge is 0.507 e. The Kier molecular flexibility index (Phi) is 8.57. The first-order valence-electron chi connectivity index (χ1n) is 12.2. The second kappa shape index (κ2) is 11.4. The van der Waals surface area contributed by atoms with Crippen molar-refractivity contribution in [3.63, 3.8) is 0 Å². The number of likely N-dealkylation sites (N-methyl/N-ethyl adjacent to an activating group) is 1. The fourth-order valence-electron chi connectivity index (χ4n) is 4.76. The number of methoxy groups -OCH3 is 1. The highest BCUT2D eigenvalue weighted by molar-refractivity contribution is 6.46. The van der Waals surface area contributed by atoms with E-state index in [2.05, 4.69) is 9.88 Å². The molecule has 9 heteroatoms. The molecule has 1 aromatic heterocycles. The molecule has 1 aromatic carbocycles. The van der Waals surface area contributed by atoms with Gasteiger partial charge in [0.05, 0.1) is 25.3 Å². The van der Waals surface area contributed by atoms with Crippen LogP contribution in [0.25, 0.3) is 5.76 Å². The average Bonchev–Trinajstić information content (AvgIpc) is 3.31. The van der Waals surface area contributed by atoms with Gasteiger partial charge in [-0.3, -0.25) is 9.59 Å². The number of aromatic nitrogens is 1. The van der Waals surface area contributed by atoms with Gasteiger partial charge < -0.3 is 29.4 Å². The number of hydrogen-bond donors (Lipinski definition) is 2. The van der Waals surface area contributed by atoms with Crippen molar-refractivity contribution >= 4 is 23.4 Å². The van der Waals surface area contributed by atoms with Crippen molar-refractivity contribution in [3.8, 4) is 5.75 Å². The number of aromatic amines is 1. The molecule has 1 amide bonds. The van der Waals surface area contributed by atoms with Crippen LogP contribution < -0.4 is 4.74 Å². The van der Waals surface area contributed by atoms with E-state index in [1.54, 1.807) is 45.0 Å². The molecule has 0 unspecified atom stereocenters. The molecule has 1 saturated heterocycles. The minimum Gasteiger partial charge on any atom is -0.507 e. The number of likely N-dealkylation sites (tertiary alicyclic amines) is 1. The molecule has 2 N–H and O–H groups in total. The number of Topliss-reactive ketones (excluding diaryl/α,β-unsaturated/α-hetero) is 1. The summed E-state index contributed by atoms with van der Waals surface area (Å²) in [5.74, 6) is -1.86. The molecule has 0 radical (unpaired) electrons. The topological polar surface area (TPSA) is 112 Å². The number of rotatable bonds is 10. The maximum Gasteiger partial charge on any atom is 0.355 e. The van der Waals surface area contributed by atoms with Crippen molar-refractivity contribution in [2.45, 2.75) is 40.7 Å². The SMILES string of the molecule is CCOC(=O)c1[nH]c(C)c(C(O)=C2C(=O)C(=O)N(CCN(CC)CC)[C@H]2c2ccccc2OC)c1C. The number of aryl methyl sites for hydroxylation is 1. The number of hydrogen-bond acceptors (Lipinski definition) is 7. The molecular weight excluding hydrogens is 462 g/mol. The van der Waals surface area contributed by atoms with Crippen LogP contribution in [-0.4, -0.2) is 77.4 Å². The van der Waals surface area contributed by atoms with E-state index in [4.69, 9.17) is 9.47 Å². The Morgan fingerprint density at radius 2 is 1.81 bits per heavy atom. The number of carbonyl (C=O) groups excluding carboxylic acids is 3. The van der Waals surface area contributed by atoms with E-state index in [1.807, 2.05) is 13.8 Å². The van der Waals surface area contributed by atoms with Gasteiger partial charge in [-0.15, -0.1) is 0 Å². The number of esters is 1. The van der Waals surface area contributed by atoms with E-state index in [9.17, 15) is 19.5 Å². The molecule has 9 nitrogen and oxygen atoms in total. The van der Waals surface area contributed by atoms with E-state index in [0.717, 1.165) is 13.1 Å². The molecule has 1 aliphatic heterocycles. The molecule has 2 aromatic rings. The molecule has 3 rings (SSSR count). The number of nitrogens with zero attached hydrogens (tertiary/aromatic N) is 2. The summed E-state index contributed by atoms with van der Waals surface area (Å²) in [5.41, 5.74) is 1.99. The molecule has 36 heavy (non-hydrogen) atoms. The Hall–Kier alpha value is -3.59. The lowest BCUT2D eigenvalue weighted by Crippen LogP contribution is -2.38. The maximum absolute atomic E-state index is 13.4. The minimum absolute atomic E-state index is 0.0374. The molecule has 0 aliphatic carbocycles. The third kappa shape index (κ3) is 4.88. The zero-order chi connectivity index (χ0) is 26.6. The van der Waals surface area contributed by atoms with Crippen molar-refractivity contribution in [2.75, 3.05) is 39.9 Å². The normalized spacial score (nSPS) is 17.2. The van der Waals surface area contributed by atoms with E-state index >= 15 is 0 Å². The predicted octanol–water partition coefficient (Wildman–Crippen LogP) is 3.58. The highest BCUT2D eigenvalue weighted by Gasteiger charge is 2.47. The average molecular weight is 498 g/mol. The second-order valence-electron chi connectivity index (χ2n) is 8.61. The van der Waals surface area contributed by atoms with Crippen LogP contribution in [-0.2, 0) is 14.3 Å².